The molecule has 0 unspecified atom stereocenters. The van der Waals surface area contributed by atoms with E-state index < -0.39 is 5.91 Å². The van der Waals surface area contributed by atoms with Gasteiger partial charge in [0.1, 0.15) is 5.76 Å². The summed E-state index contributed by atoms with van der Waals surface area (Å²) >= 11 is 9.82. The lowest BCUT2D eigenvalue weighted by Gasteiger charge is -2.12. The zero-order valence-electron chi connectivity index (χ0n) is 17.1. The second-order valence-corrected chi connectivity index (χ2v) is 8.33. The molecule has 3 heterocycles. The minimum atomic E-state index is -0.455. The van der Waals surface area contributed by atoms with Gasteiger partial charge in [-0.3, -0.25) is 4.79 Å². The summed E-state index contributed by atoms with van der Waals surface area (Å²) in [6.45, 7) is 0. The molecule has 5 rings (SSSR count). The van der Waals surface area contributed by atoms with Crippen LogP contribution in [0.5, 0.6) is 5.75 Å². The van der Waals surface area contributed by atoms with Gasteiger partial charge in [-0.05, 0) is 48.5 Å². The van der Waals surface area contributed by atoms with Crippen molar-refractivity contribution in [1.29, 1.82) is 0 Å². The predicted molar refractivity (Wildman–Crippen MR) is 129 cm³/mol. The summed E-state index contributed by atoms with van der Waals surface area (Å²) < 4.78 is 17.9. The SMILES string of the molecule is COc1c(Cl)cc(-c2nc3ncccc3o2)cc1NC(=O)c1ccc(-c2ccc(Br)cc2)o1. The van der Waals surface area contributed by atoms with Gasteiger partial charge < -0.3 is 18.9 Å². The minimum Gasteiger partial charge on any atom is -0.493 e. The molecule has 9 heteroatoms. The Kier molecular flexibility index (Phi) is 5.62. The highest BCUT2D eigenvalue weighted by Crippen LogP contribution is 2.38. The lowest BCUT2D eigenvalue weighted by atomic mass is 10.1. The number of fused-ring (bicyclic) bond motifs is 1. The second-order valence-electron chi connectivity index (χ2n) is 7.01. The fraction of sp³-hybridized carbons (Fsp3) is 0.0417. The number of furan rings is 1. The highest BCUT2D eigenvalue weighted by atomic mass is 79.9. The minimum absolute atomic E-state index is 0.141. The van der Waals surface area contributed by atoms with Gasteiger partial charge in [0.05, 0.1) is 17.8 Å². The molecule has 3 aromatic heterocycles. The molecule has 0 bridgehead atoms. The van der Waals surface area contributed by atoms with Gasteiger partial charge in [0.2, 0.25) is 5.89 Å². The van der Waals surface area contributed by atoms with Gasteiger partial charge in [-0.15, -0.1) is 0 Å². The molecule has 0 aliphatic carbocycles. The van der Waals surface area contributed by atoms with E-state index in [0.717, 1.165) is 10.0 Å². The van der Waals surface area contributed by atoms with Gasteiger partial charge in [-0.25, -0.2) is 4.98 Å². The van der Waals surface area contributed by atoms with Crippen LogP contribution >= 0.6 is 27.5 Å². The molecule has 2 aromatic carbocycles. The molecule has 0 atom stereocenters. The van der Waals surface area contributed by atoms with Crippen molar-refractivity contribution in [2.45, 2.75) is 0 Å². The van der Waals surface area contributed by atoms with Crippen LogP contribution < -0.4 is 10.1 Å². The smallest absolute Gasteiger partial charge is 0.291 e. The fourth-order valence-electron chi connectivity index (χ4n) is 3.32. The third-order valence-electron chi connectivity index (χ3n) is 4.87. The summed E-state index contributed by atoms with van der Waals surface area (Å²) in [4.78, 5) is 21.5. The van der Waals surface area contributed by atoms with E-state index in [1.54, 1.807) is 42.6 Å². The van der Waals surface area contributed by atoms with Crippen molar-refractivity contribution in [2.75, 3.05) is 12.4 Å². The number of halogens is 2. The molecule has 7 nitrogen and oxygen atoms in total. The van der Waals surface area contributed by atoms with Crippen LogP contribution in [-0.4, -0.2) is 23.0 Å². The number of pyridine rings is 1. The first-order chi connectivity index (χ1) is 16.0. The number of carbonyl (C=O) groups excluding carboxylic acids is 1. The Hall–Kier alpha value is -3.62. The standard InChI is InChI=1S/C24H15BrClN3O4/c1-31-21-16(26)11-14(24-29-22-19(33-24)3-2-10-27-22)12-17(21)28-23(30)20-9-8-18(32-20)13-4-6-15(25)7-5-13/h2-12H,1H3,(H,28,30). The fourth-order valence-corrected chi connectivity index (χ4v) is 3.88. The van der Waals surface area contributed by atoms with Crippen LogP contribution in [0.25, 0.3) is 34.0 Å². The highest BCUT2D eigenvalue weighted by Gasteiger charge is 2.19. The number of methoxy groups -OCH3 is 1. The molecular weight excluding hydrogens is 510 g/mol. The Labute approximate surface area is 201 Å². The van der Waals surface area contributed by atoms with E-state index in [9.17, 15) is 4.79 Å². The molecule has 0 spiro atoms. The second kappa shape index (κ2) is 8.73. The average molecular weight is 525 g/mol. The largest absolute Gasteiger partial charge is 0.493 e. The Balaban J connectivity index is 1.46. The molecule has 164 valence electrons. The van der Waals surface area contributed by atoms with Gasteiger partial charge in [-0.2, -0.15) is 4.98 Å². The van der Waals surface area contributed by atoms with Crippen LogP contribution in [0.3, 0.4) is 0 Å². The monoisotopic (exact) mass is 523 g/mol. The number of nitrogens with zero attached hydrogens (tertiary/aromatic N) is 2. The van der Waals surface area contributed by atoms with Gasteiger partial charge in [0, 0.05) is 21.8 Å². The summed E-state index contributed by atoms with van der Waals surface area (Å²) in [5, 5.41) is 3.09. The number of benzene rings is 2. The maximum atomic E-state index is 12.9. The normalized spacial score (nSPS) is 11.0. The quantitative estimate of drug-likeness (QED) is 0.271. The van der Waals surface area contributed by atoms with Gasteiger partial charge >= 0.3 is 0 Å². The topological polar surface area (TPSA) is 90.4 Å². The summed E-state index contributed by atoms with van der Waals surface area (Å²) in [7, 11) is 1.47. The molecule has 0 aliphatic rings. The molecule has 33 heavy (non-hydrogen) atoms. The lowest BCUT2D eigenvalue weighted by molar-refractivity contribution is 0.0997. The Morgan fingerprint density at radius 1 is 1.06 bits per heavy atom. The van der Waals surface area contributed by atoms with E-state index in [1.165, 1.54) is 7.11 Å². The zero-order valence-corrected chi connectivity index (χ0v) is 19.5. The van der Waals surface area contributed by atoms with Crippen molar-refractivity contribution in [3.05, 3.63) is 82.1 Å². The maximum absolute atomic E-state index is 12.9. The first-order valence-electron chi connectivity index (χ1n) is 9.78. The average Bonchev–Trinajstić information content (AvgIpc) is 3.47. The molecule has 1 N–H and O–H groups in total. The maximum Gasteiger partial charge on any atom is 0.291 e. The Bertz CT molecular complexity index is 1440. The number of nitrogens with one attached hydrogen (secondary N) is 1. The summed E-state index contributed by atoms with van der Waals surface area (Å²) in [5.74, 6) is 0.888. The molecular formula is C24H15BrClN3O4. The molecule has 0 radical (unpaired) electrons. The Morgan fingerprint density at radius 3 is 2.64 bits per heavy atom. The molecule has 0 saturated heterocycles. The third-order valence-corrected chi connectivity index (χ3v) is 5.68. The van der Waals surface area contributed by atoms with Crippen LogP contribution in [0.4, 0.5) is 5.69 Å². The van der Waals surface area contributed by atoms with Gasteiger partial charge in [0.15, 0.2) is 22.7 Å². The van der Waals surface area contributed by atoms with Crippen molar-refractivity contribution >= 4 is 50.4 Å². The van der Waals surface area contributed by atoms with Crippen LogP contribution in [0, 0.1) is 0 Å². The third kappa shape index (κ3) is 4.22. The summed E-state index contributed by atoms with van der Waals surface area (Å²) in [6, 6.07) is 17.8. The Morgan fingerprint density at radius 2 is 1.88 bits per heavy atom. The van der Waals surface area contributed by atoms with Crippen molar-refractivity contribution in [1.82, 2.24) is 9.97 Å². The molecule has 5 aromatic rings. The number of carbonyl (C=O) groups is 1. The molecule has 0 saturated carbocycles. The van der Waals surface area contributed by atoms with E-state index >= 15 is 0 Å². The number of oxazole rings is 1. The van der Waals surface area contributed by atoms with Crippen molar-refractivity contribution in [3.63, 3.8) is 0 Å². The molecule has 0 fully saturated rings. The van der Waals surface area contributed by atoms with E-state index in [4.69, 9.17) is 25.2 Å². The van der Waals surface area contributed by atoms with Gasteiger partial charge in [-0.1, -0.05) is 39.7 Å². The number of anilines is 1. The van der Waals surface area contributed by atoms with Crippen molar-refractivity contribution in [2.24, 2.45) is 0 Å². The van der Waals surface area contributed by atoms with E-state index in [1.807, 2.05) is 24.3 Å². The first kappa shape index (κ1) is 21.2. The van der Waals surface area contributed by atoms with Crippen LogP contribution in [0.1, 0.15) is 10.6 Å². The molecule has 0 aliphatic heterocycles. The van der Waals surface area contributed by atoms with Crippen LogP contribution in [0.15, 0.2) is 80.2 Å². The van der Waals surface area contributed by atoms with Gasteiger partial charge in [0.25, 0.3) is 5.91 Å². The summed E-state index contributed by atoms with van der Waals surface area (Å²) in [5.41, 5.74) is 2.78. The number of rotatable bonds is 5. The van der Waals surface area contributed by atoms with Crippen LogP contribution in [0.2, 0.25) is 5.02 Å². The van der Waals surface area contributed by atoms with Crippen LogP contribution in [-0.2, 0) is 0 Å². The number of hydrogen-bond donors (Lipinski definition) is 1. The zero-order chi connectivity index (χ0) is 22.9. The lowest BCUT2D eigenvalue weighted by Crippen LogP contribution is -2.12. The number of aromatic nitrogens is 2. The van der Waals surface area contributed by atoms with E-state index in [-0.39, 0.29) is 10.8 Å². The van der Waals surface area contributed by atoms with Crippen molar-refractivity contribution in [3.8, 4) is 28.5 Å². The van der Waals surface area contributed by atoms with E-state index in [0.29, 0.717) is 39.9 Å². The number of hydrogen-bond acceptors (Lipinski definition) is 6. The van der Waals surface area contributed by atoms with E-state index in [2.05, 4.69) is 31.2 Å². The summed E-state index contributed by atoms with van der Waals surface area (Å²) in [6.07, 6.45) is 1.63. The number of ether oxygens (including phenoxy) is 1. The molecule has 1 amide bonds. The number of amides is 1. The highest BCUT2D eigenvalue weighted by molar-refractivity contribution is 9.10. The van der Waals surface area contributed by atoms with Crippen molar-refractivity contribution < 1.29 is 18.4 Å². The first-order valence-corrected chi connectivity index (χ1v) is 11.0. The predicted octanol–water partition coefficient (Wildman–Crippen LogP) is 6.83.